The van der Waals surface area contributed by atoms with Gasteiger partial charge in [0.1, 0.15) is 0 Å². The van der Waals surface area contributed by atoms with E-state index >= 15 is 0 Å². The van der Waals surface area contributed by atoms with E-state index in [1.165, 1.54) is 0 Å². The molecule has 0 aromatic heterocycles. The minimum absolute atomic E-state index is 0.863. The molecule has 0 heterocycles. The van der Waals surface area contributed by atoms with Crippen LogP contribution in [-0.2, 0) is 9.53 Å². The number of carbonyl (C=O) groups excluding carboxylic acids is 1. The Bertz CT molecular complexity index is 504. The maximum absolute atomic E-state index is 10.4. The van der Waals surface area contributed by atoms with Gasteiger partial charge in [-0.15, -0.1) is 0 Å². The number of alkyl halides is 15. The molecule has 0 aliphatic carbocycles. The Hall–Kier alpha value is 3.82. The quantitative estimate of drug-likeness (QED) is 0.257. The first-order chi connectivity index (χ1) is 10.6. The van der Waals surface area contributed by atoms with Gasteiger partial charge in [0, 0.05) is 0 Å². The van der Waals surface area contributed by atoms with Crippen molar-refractivity contribution in [2.24, 2.45) is 0 Å². The number of halogens is 15. The van der Waals surface area contributed by atoms with Crippen LogP contribution >= 0.6 is 174 Å². The van der Waals surface area contributed by atoms with Crippen LogP contribution in [0.1, 0.15) is 0 Å². The van der Waals surface area contributed by atoms with E-state index in [-0.39, 0.29) is 0 Å². The first-order valence-electron chi connectivity index (χ1n) is 4.95. The highest BCUT2D eigenvalue weighted by Crippen LogP contribution is 2.70. The lowest BCUT2D eigenvalue weighted by Gasteiger charge is -2.52. The average molecular weight is 660 g/mol. The van der Waals surface area contributed by atoms with Crippen LogP contribution in [0.5, 0.6) is 0 Å². The monoisotopic (exact) mass is 653 g/mol. The Balaban J connectivity index is 6.44. The lowest BCUT2D eigenvalue weighted by Crippen LogP contribution is -2.68. The lowest BCUT2D eigenvalue weighted by atomic mass is 10.1. The molecule has 0 atom stereocenters. The van der Waals surface area contributed by atoms with Crippen LogP contribution in [0.15, 0.2) is 0 Å². The van der Waals surface area contributed by atoms with E-state index in [2.05, 4.69) is 4.74 Å². The van der Waals surface area contributed by atoms with Gasteiger partial charge < -0.3 is 4.74 Å². The summed E-state index contributed by atoms with van der Waals surface area (Å²) in [6.07, 6.45) is 0. The van der Waals surface area contributed by atoms with Gasteiger partial charge in [-0.25, -0.2) is 4.79 Å². The first kappa shape index (κ1) is 28.8. The van der Waals surface area contributed by atoms with Crippen molar-refractivity contribution in [1.29, 1.82) is 0 Å². The molecule has 0 aliphatic rings. The molecule has 1 radical (unpaired) electrons. The fourth-order valence-electron chi connectivity index (χ4n) is 1.07. The SMILES string of the molecule is O=[C]OC(Cl)(Cl)C(Cl)(Cl)C(Cl)(Cl)C(Cl)(Cl)C(Cl)(Cl)C(Cl)(Cl)C(Cl)(Cl)Cl. The molecule has 0 aromatic carbocycles. The summed E-state index contributed by atoms with van der Waals surface area (Å²) in [5.41, 5.74) is 0. The second kappa shape index (κ2) is 8.75. The highest BCUT2D eigenvalue weighted by molar-refractivity contribution is 6.82. The van der Waals surface area contributed by atoms with Gasteiger partial charge in [0.05, 0.1) is 0 Å². The zero-order valence-corrected chi connectivity index (χ0v) is 21.8. The molecule has 0 unspecified atom stereocenters. The molecule has 0 N–H and O–H groups in total. The van der Waals surface area contributed by atoms with Gasteiger partial charge in [-0.1, -0.05) is 174 Å². The van der Waals surface area contributed by atoms with E-state index in [9.17, 15) is 4.79 Å². The maximum Gasteiger partial charge on any atom is 0.420 e. The largest absolute Gasteiger partial charge is 0.420 e. The second-order valence-electron chi connectivity index (χ2n) is 4.07. The van der Waals surface area contributed by atoms with Crippen LogP contribution in [0.2, 0.25) is 0 Å². The van der Waals surface area contributed by atoms with Gasteiger partial charge in [0.25, 0.3) is 4.52 Å². The molecule has 2 nitrogen and oxygen atoms in total. The Morgan fingerprint density at radius 3 is 1.04 bits per heavy atom. The van der Waals surface area contributed by atoms with Crippen LogP contribution in [0.3, 0.4) is 0 Å². The Morgan fingerprint density at radius 2 is 0.760 bits per heavy atom. The summed E-state index contributed by atoms with van der Waals surface area (Å²) in [6.45, 7) is 0.863. The highest BCUT2D eigenvalue weighted by atomic mass is 35.6. The van der Waals surface area contributed by atoms with Crippen molar-refractivity contribution in [2.45, 2.75) is 30.0 Å². The molecule has 0 saturated heterocycles. The van der Waals surface area contributed by atoms with Crippen LogP contribution in [-0.4, -0.2) is 36.5 Å². The minimum Gasteiger partial charge on any atom is -0.417 e. The average Bonchev–Trinajstić information content (AvgIpc) is 2.35. The molecule has 0 saturated carbocycles. The van der Waals surface area contributed by atoms with Gasteiger partial charge in [0.2, 0.25) is 12.5 Å². The number of ether oxygens (including phenoxy) is 1. The lowest BCUT2D eigenvalue weighted by molar-refractivity contribution is 0.182. The summed E-state index contributed by atoms with van der Waals surface area (Å²) in [5, 5.41) is 0. The summed E-state index contributed by atoms with van der Waals surface area (Å²) in [4.78, 5) is 10.4. The third-order valence-electron chi connectivity index (χ3n) is 2.47. The molecule has 0 aromatic rings. The van der Waals surface area contributed by atoms with Crippen molar-refractivity contribution < 1.29 is 9.53 Å². The predicted octanol–water partition coefficient (Wildman–Crippen LogP) is 8.44. The molecular weight excluding hydrogens is 660 g/mol. The van der Waals surface area contributed by atoms with Crippen molar-refractivity contribution in [2.75, 3.05) is 0 Å². The fourth-order valence-corrected chi connectivity index (χ4v) is 5.23. The fraction of sp³-hybridized carbons (Fsp3) is 0.875. The van der Waals surface area contributed by atoms with Crippen LogP contribution in [0.4, 0.5) is 0 Å². The number of hydrogen-bond acceptors (Lipinski definition) is 2. The molecule has 0 bridgehead atoms. The molecule has 0 aliphatic heterocycles. The first-order valence-corrected chi connectivity index (χ1v) is 10.6. The normalized spacial score (nSPS) is 16.0. The van der Waals surface area contributed by atoms with Crippen molar-refractivity contribution >= 4 is 180 Å². The molecule has 25 heavy (non-hydrogen) atoms. The van der Waals surface area contributed by atoms with Gasteiger partial charge >= 0.3 is 6.47 Å². The minimum atomic E-state index is -2.99. The number of hydrogen-bond donors (Lipinski definition) is 0. The highest BCUT2D eigenvalue weighted by Gasteiger charge is 2.80. The van der Waals surface area contributed by atoms with Gasteiger partial charge in [-0.05, 0) is 0 Å². The van der Waals surface area contributed by atoms with Crippen LogP contribution < -0.4 is 0 Å². The number of rotatable bonds is 7. The van der Waals surface area contributed by atoms with Crippen molar-refractivity contribution in [3.63, 3.8) is 0 Å². The van der Waals surface area contributed by atoms with Gasteiger partial charge in [-0.3, -0.25) is 0 Å². The topological polar surface area (TPSA) is 26.3 Å². The van der Waals surface area contributed by atoms with Crippen molar-refractivity contribution in [3.05, 3.63) is 0 Å². The van der Waals surface area contributed by atoms with Gasteiger partial charge in [-0.2, -0.15) is 0 Å². The van der Waals surface area contributed by atoms with Gasteiger partial charge in [0.15, 0.2) is 13.0 Å². The van der Waals surface area contributed by atoms with E-state index in [0.717, 1.165) is 6.47 Å². The smallest absolute Gasteiger partial charge is 0.417 e. The summed E-state index contributed by atoms with van der Waals surface area (Å²) >= 11 is 88.0. The van der Waals surface area contributed by atoms with E-state index in [0.29, 0.717) is 0 Å². The predicted molar refractivity (Wildman–Crippen MR) is 114 cm³/mol. The molecule has 0 rings (SSSR count). The Labute approximate surface area is 217 Å². The van der Waals surface area contributed by atoms with E-state index in [1.54, 1.807) is 0 Å². The standard InChI is InChI=1S/C8Cl15O2/c9-2(10,3(11,12)5(15,16)7(19,20)21)4(13,14)6(17,18)8(22,23)25-1-24. The van der Waals surface area contributed by atoms with Crippen molar-refractivity contribution in [1.82, 2.24) is 0 Å². The van der Waals surface area contributed by atoms with E-state index in [1.807, 2.05) is 0 Å². The Kier molecular flexibility index (Phi) is 10.1. The molecule has 149 valence electrons. The second-order valence-corrected chi connectivity index (χ2v) is 14.2. The zero-order chi connectivity index (χ0) is 20.9. The zero-order valence-electron chi connectivity index (χ0n) is 10.5. The maximum atomic E-state index is 10.4. The molecule has 0 fully saturated rings. The van der Waals surface area contributed by atoms with E-state index in [4.69, 9.17) is 174 Å². The molecule has 0 spiro atoms. The summed E-state index contributed by atoms with van der Waals surface area (Å²) in [5.74, 6) is 0. The van der Waals surface area contributed by atoms with Crippen LogP contribution in [0.25, 0.3) is 0 Å². The third-order valence-corrected chi connectivity index (χ3v) is 12.2. The molecular formula is C8Cl15O2. The van der Waals surface area contributed by atoms with Crippen LogP contribution in [0, 0.1) is 0 Å². The van der Waals surface area contributed by atoms with E-state index < -0.39 is 30.0 Å². The summed E-state index contributed by atoms with van der Waals surface area (Å²) in [6, 6.07) is 0. The molecule has 0 amide bonds. The third kappa shape index (κ3) is 4.85. The Morgan fingerprint density at radius 1 is 0.480 bits per heavy atom. The summed E-state index contributed by atoms with van der Waals surface area (Å²) in [7, 11) is 0. The molecule has 17 heteroatoms. The van der Waals surface area contributed by atoms with Crippen molar-refractivity contribution in [3.8, 4) is 0 Å². The summed E-state index contributed by atoms with van der Waals surface area (Å²) < 4.78 is -15.9.